The van der Waals surface area contributed by atoms with Crippen molar-refractivity contribution in [1.29, 1.82) is 0 Å². The van der Waals surface area contributed by atoms with Gasteiger partial charge in [-0.1, -0.05) is 36.4 Å². The number of hydrogen-bond acceptors (Lipinski definition) is 5. The molecule has 0 aliphatic carbocycles. The van der Waals surface area contributed by atoms with E-state index >= 15 is 0 Å². The molecule has 0 saturated carbocycles. The van der Waals surface area contributed by atoms with Crippen LogP contribution in [0, 0.1) is 5.82 Å². The lowest BCUT2D eigenvalue weighted by Gasteiger charge is -2.38. The van der Waals surface area contributed by atoms with Crippen molar-refractivity contribution in [2.24, 2.45) is 0 Å². The molecule has 1 N–H and O–H groups in total. The van der Waals surface area contributed by atoms with Gasteiger partial charge in [-0.3, -0.25) is 4.79 Å². The highest BCUT2D eigenvalue weighted by molar-refractivity contribution is 7.18. The summed E-state index contributed by atoms with van der Waals surface area (Å²) in [5, 5.41) is 9.98. The van der Waals surface area contributed by atoms with E-state index in [1.807, 2.05) is 48.5 Å². The van der Waals surface area contributed by atoms with E-state index in [0.717, 1.165) is 26.4 Å². The number of carboxylic acids is 1. The summed E-state index contributed by atoms with van der Waals surface area (Å²) in [4.78, 5) is 31.0. The summed E-state index contributed by atoms with van der Waals surface area (Å²) in [6.07, 6.45) is 1.45. The zero-order valence-corrected chi connectivity index (χ0v) is 19.6. The summed E-state index contributed by atoms with van der Waals surface area (Å²) in [6.45, 7) is -0.0895. The molecule has 35 heavy (non-hydrogen) atoms. The minimum absolute atomic E-state index is 0.0720. The number of amides is 1. The number of aromatic nitrogens is 1. The molecule has 0 spiro atoms. The highest BCUT2D eigenvalue weighted by Gasteiger charge is 2.34. The van der Waals surface area contributed by atoms with Crippen molar-refractivity contribution in [3.05, 3.63) is 94.2 Å². The number of para-hydroxylation sites is 1. The molecule has 6 nitrogen and oxygen atoms in total. The minimum Gasteiger partial charge on any atom is -0.482 e. The van der Waals surface area contributed by atoms with Gasteiger partial charge in [0.1, 0.15) is 11.6 Å². The van der Waals surface area contributed by atoms with Gasteiger partial charge in [-0.2, -0.15) is 0 Å². The molecule has 1 amide bonds. The van der Waals surface area contributed by atoms with Gasteiger partial charge in [-0.15, -0.1) is 11.3 Å². The van der Waals surface area contributed by atoms with Crippen LogP contribution >= 0.6 is 11.3 Å². The SMILES string of the molecule is O=C(O)COc1ccc(F)cc1C1c2ccccc2CCN1C(=O)CCc1nc2ccccc2s1. The molecule has 5 rings (SSSR count). The molecule has 1 aliphatic rings. The molecule has 1 unspecified atom stereocenters. The largest absolute Gasteiger partial charge is 0.482 e. The van der Waals surface area contributed by atoms with E-state index in [0.29, 0.717) is 24.9 Å². The summed E-state index contributed by atoms with van der Waals surface area (Å²) in [5.41, 5.74) is 3.32. The normalized spacial score (nSPS) is 15.1. The van der Waals surface area contributed by atoms with Crippen LogP contribution in [0.2, 0.25) is 0 Å². The molecule has 0 fully saturated rings. The monoisotopic (exact) mass is 490 g/mol. The van der Waals surface area contributed by atoms with Crippen molar-refractivity contribution in [3.8, 4) is 5.75 Å². The third kappa shape index (κ3) is 4.88. The Morgan fingerprint density at radius 1 is 1.09 bits per heavy atom. The van der Waals surface area contributed by atoms with E-state index in [2.05, 4.69) is 4.98 Å². The van der Waals surface area contributed by atoms with Crippen LogP contribution in [0.15, 0.2) is 66.7 Å². The standard InChI is InChI=1S/C27H23FN2O4S/c28-18-9-10-22(34-16-26(32)33)20(15-18)27-19-6-2-1-5-17(19)13-14-30(27)25(31)12-11-24-29-21-7-3-4-8-23(21)35-24/h1-10,15,27H,11-14,16H2,(H,32,33). The van der Waals surface area contributed by atoms with Crippen molar-refractivity contribution in [2.75, 3.05) is 13.2 Å². The number of aryl methyl sites for hydroxylation is 1. The van der Waals surface area contributed by atoms with Gasteiger partial charge in [-0.05, 0) is 47.9 Å². The Morgan fingerprint density at radius 3 is 2.71 bits per heavy atom. The molecular formula is C27H23FN2O4S. The number of hydrogen-bond donors (Lipinski definition) is 1. The lowest BCUT2D eigenvalue weighted by molar-refractivity contribution is -0.139. The average Bonchev–Trinajstić information content (AvgIpc) is 3.29. The minimum atomic E-state index is -1.13. The number of ether oxygens (including phenoxy) is 1. The van der Waals surface area contributed by atoms with Crippen molar-refractivity contribution >= 4 is 33.4 Å². The van der Waals surface area contributed by atoms with Gasteiger partial charge in [0.2, 0.25) is 5.91 Å². The fourth-order valence-electron chi connectivity index (χ4n) is 4.56. The smallest absolute Gasteiger partial charge is 0.341 e. The van der Waals surface area contributed by atoms with Crippen LogP contribution in [0.5, 0.6) is 5.75 Å². The van der Waals surface area contributed by atoms with Crippen molar-refractivity contribution in [2.45, 2.75) is 25.3 Å². The first kappa shape index (κ1) is 23.0. The molecule has 0 radical (unpaired) electrons. The second-order valence-electron chi connectivity index (χ2n) is 8.38. The summed E-state index contributed by atoms with van der Waals surface area (Å²) in [7, 11) is 0. The Hall–Kier alpha value is -3.78. The van der Waals surface area contributed by atoms with Crippen LogP contribution in [0.3, 0.4) is 0 Å². The average molecular weight is 491 g/mol. The van der Waals surface area contributed by atoms with E-state index in [-0.39, 0.29) is 18.1 Å². The van der Waals surface area contributed by atoms with Gasteiger partial charge in [0.15, 0.2) is 6.61 Å². The zero-order chi connectivity index (χ0) is 24.4. The molecule has 4 aromatic rings. The summed E-state index contributed by atoms with van der Waals surface area (Å²) >= 11 is 1.58. The second-order valence-corrected chi connectivity index (χ2v) is 9.49. The first-order valence-electron chi connectivity index (χ1n) is 11.4. The van der Waals surface area contributed by atoms with Crippen LogP contribution in [-0.4, -0.2) is 40.0 Å². The van der Waals surface area contributed by atoms with Crippen LogP contribution < -0.4 is 4.74 Å². The van der Waals surface area contributed by atoms with Gasteiger partial charge >= 0.3 is 5.97 Å². The molecule has 0 bridgehead atoms. The molecule has 1 atom stereocenters. The van der Waals surface area contributed by atoms with Crippen LogP contribution in [0.1, 0.15) is 34.2 Å². The maximum atomic E-state index is 14.4. The number of carbonyl (C=O) groups excluding carboxylic acids is 1. The van der Waals surface area contributed by atoms with Gasteiger partial charge in [0.05, 0.1) is 21.3 Å². The van der Waals surface area contributed by atoms with Crippen LogP contribution in [-0.2, 0) is 22.4 Å². The fourth-order valence-corrected chi connectivity index (χ4v) is 5.53. The van der Waals surface area contributed by atoms with Crippen LogP contribution in [0.25, 0.3) is 10.2 Å². The van der Waals surface area contributed by atoms with E-state index in [1.165, 1.54) is 18.2 Å². The Labute approximate surface area is 205 Å². The zero-order valence-electron chi connectivity index (χ0n) is 18.8. The lowest BCUT2D eigenvalue weighted by atomic mass is 9.87. The molecule has 3 aromatic carbocycles. The van der Waals surface area contributed by atoms with Gasteiger partial charge in [0, 0.05) is 24.9 Å². The maximum Gasteiger partial charge on any atom is 0.341 e. The topological polar surface area (TPSA) is 79.7 Å². The Kier molecular flexibility index (Phi) is 6.46. The van der Waals surface area contributed by atoms with Gasteiger partial charge in [0.25, 0.3) is 0 Å². The predicted molar refractivity (Wildman–Crippen MR) is 131 cm³/mol. The summed E-state index contributed by atoms with van der Waals surface area (Å²) in [5.74, 6) is -1.43. The molecule has 8 heteroatoms. The highest BCUT2D eigenvalue weighted by Crippen LogP contribution is 2.40. The molecule has 1 aromatic heterocycles. The van der Waals surface area contributed by atoms with Crippen molar-refractivity contribution < 1.29 is 23.8 Å². The molecule has 1 aliphatic heterocycles. The number of aliphatic carboxylic acids is 1. The Morgan fingerprint density at radius 2 is 1.89 bits per heavy atom. The molecular weight excluding hydrogens is 467 g/mol. The lowest BCUT2D eigenvalue weighted by Crippen LogP contribution is -2.41. The molecule has 0 saturated heterocycles. The first-order chi connectivity index (χ1) is 17.0. The van der Waals surface area contributed by atoms with Crippen molar-refractivity contribution in [3.63, 3.8) is 0 Å². The summed E-state index contributed by atoms with van der Waals surface area (Å²) < 4.78 is 21.0. The van der Waals surface area contributed by atoms with Crippen LogP contribution in [0.4, 0.5) is 4.39 Å². The number of carbonyl (C=O) groups is 2. The number of halogens is 1. The highest BCUT2D eigenvalue weighted by atomic mass is 32.1. The second kappa shape index (κ2) is 9.84. The first-order valence-corrected chi connectivity index (χ1v) is 12.2. The Bertz CT molecular complexity index is 1370. The van der Waals surface area contributed by atoms with E-state index in [9.17, 15) is 14.0 Å². The molecule has 2 heterocycles. The van der Waals surface area contributed by atoms with Gasteiger partial charge in [-0.25, -0.2) is 14.2 Å². The number of thiazole rings is 1. The van der Waals surface area contributed by atoms with Gasteiger partial charge < -0.3 is 14.7 Å². The third-order valence-electron chi connectivity index (χ3n) is 6.11. The third-order valence-corrected chi connectivity index (χ3v) is 7.21. The number of benzene rings is 3. The number of nitrogens with zero attached hydrogens (tertiary/aromatic N) is 2. The predicted octanol–water partition coefficient (Wildman–Crippen LogP) is 5.01. The fraction of sp³-hybridized carbons (Fsp3) is 0.222. The quantitative estimate of drug-likeness (QED) is 0.394. The van der Waals surface area contributed by atoms with Crippen molar-refractivity contribution in [1.82, 2.24) is 9.88 Å². The number of rotatable bonds is 7. The van der Waals surface area contributed by atoms with E-state index < -0.39 is 24.4 Å². The van der Waals surface area contributed by atoms with E-state index in [1.54, 1.807) is 16.2 Å². The Balaban J connectivity index is 1.46. The maximum absolute atomic E-state index is 14.4. The van der Waals surface area contributed by atoms with E-state index in [4.69, 9.17) is 9.84 Å². The summed E-state index contributed by atoms with van der Waals surface area (Å²) in [6, 6.07) is 19.0. The number of fused-ring (bicyclic) bond motifs is 2. The number of carboxylic acid groups (broad SMARTS) is 1. The molecule has 178 valence electrons.